The number of aromatic nitrogens is 1. The maximum atomic E-state index is 13.1. The topological polar surface area (TPSA) is 62.7 Å². The molecule has 30 heavy (non-hydrogen) atoms. The lowest BCUT2D eigenvalue weighted by Gasteiger charge is -2.34. The van der Waals surface area contributed by atoms with Crippen LogP contribution in [0.25, 0.3) is 0 Å². The molecule has 0 aliphatic carbocycles. The zero-order valence-electron chi connectivity index (χ0n) is 16.4. The lowest BCUT2D eigenvalue weighted by molar-refractivity contribution is 0.0252. The van der Waals surface area contributed by atoms with Crippen molar-refractivity contribution in [3.05, 3.63) is 82.4 Å². The van der Waals surface area contributed by atoms with Gasteiger partial charge in [0.05, 0.1) is 5.56 Å². The van der Waals surface area contributed by atoms with Crippen LogP contribution in [0.3, 0.4) is 0 Å². The molecule has 1 amide bonds. The number of piperazine rings is 1. The second-order valence-corrected chi connectivity index (χ2v) is 8.35. The van der Waals surface area contributed by atoms with E-state index in [2.05, 4.69) is 9.88 Å². The van der Waals surface area contributed by atoms with Crippen LogP contribution in [0.4, 0.5) is 5.13 Å². The first-order valence-electron chi connectivity index (χ1n) is 10.0. The number of nitrogens with zero attached hydrogens (tertiary/aromatic N) is 3. The molecule has 0 radical (unpaired) electrons. The number of amides is 1. The monoisotopic (exact) mass is 419 g/mol. The van der Waals surface area contributed by atoms with E-state index in [9.17, 15) is 9.59 Å². The highest BCUT2D eigenvalue weighted by Crippen LogP contribution is 2.31. The number of rotatable bonds is 3. The zero-order valence-corrected chi connectivity index (χ0v) is 17.2. The van der Waals surface area contributed by atoms with Crippen LogP contribution >= 0.6 is 11.3 Å². The van der Waals surface area contributed by atoms with Gasteiger partial charge in [-0.1, -0.05) is 30.3 Å². The fourth-order valence-corrected chi connectivity index (χ4v) is 4.73. The van der Waals surface area contributed by atoms with Crippen molar-refractivity contribution in [1.82, 2.24) is 9.88 Å². The Morgan fingerprint density at radius 3 is 2.60 bits per heavy atom. The third-order valence-electron chi connectivity index (χ3n) is 5.65. The van der Waals surface area contributed by atoms with Crippen LogP contribution in [-0.2, 0) is 11.2 Å². The minimum atomic E-state index is -0.332. The summed E-state index contributed by atoms with van der Waals surface area (Å²) in [6, 6.07) is 15.0. The van der Waals surface area contributed by atoms with E-state index in [0.717, 1.165) is 29.3 Å². The Morgan fingerprint density at radius 1 is 1.07 bits per heavy atom. The number of hydrogen-bond donors (Lipinski definition) is 0. The smallest absolute Gasteiger partial charge is 0.339 e. The quantitative estimate of drug-likeness (QED) is 0.608. The molecule has 1 aromatic heterocycles. The Balaban J connectivity index is 1.32. The largest absolute Gasteiger partial charge is 0.454 e. The summed E-state index contributed by atoms with van der Waals surface area (Å²) in [4.78, 5) is 34.0. The van der Waals surface area contributed by atoms with Crippen LogP contribution in [0.2, 0.25) is 0 Å². The molecule has 1 atom stereocenters. The van der Waals surface area contributed by atoms with Gasteiger partial charge in [-0.05, 0) is 29.3 Å². The predicted molar refractivity (Wildman–Crippen MR) is 115 cm³/mol. The molecule has 1 unspecified atom stereocenters. The Hall–Kier alpha value is -3.19. The van der Waals surface area contributed by atoms with Gasteiger partial charge in [-0.25, -0.2) is 9.78 Å². The van der Waals surface area contributed by atoms with E-state index in [1.165, 1.54) is 0 Å². The summed E-state index contributed by atoms with van der Waals surface area (Å²) in [6.07, 6.45) is 2.06. The molecule has 3 heterocycles. The van der Waals surface area contributed by atoms with Crippen molar-refractivity contribution in [1.29, 1.82) is 0 Å². The Labute approximate surface area is 178 Å². The van der Waals surface area contributed by atoms with Crippen LogP contribution in [0.15, 0.2) is 60.1 Å². The van der Waals surface area contributed by atoms with E-state index in [-0.39, 0.29) is 18.0 Å². The van der Waals surface area contributed by atoms with E-state index in [0.29, 0.717) is 30.6 Å². The molecule has 3 aromatic rings. The van der Waals surface area contributed by atoms with Crippen molar-refractivity contribution < 1.29 is 14.3 Å². The molecule has 6 nitrogen and oxygen atoms in total. The summed E-state index contributed by atoms with van der Waals surface area (Å²) in [5.41, 5.74) is 3.00. The van der Waals surface area contributed by atoms with Crippen LogP contribution in [0, 0.1) is 0 Å². The van der Waals surface area contributed by atoms with Crippen molar-refractivity contribution in [2.45, 2.75) is 12.5 Å². The van der Waals surface area contributed by atoms with Crippen molar-refractivity contribution in [2.75, 3.05) is 31.1 Å². The number of ether oxygens (including phenoxy) is 1. The van der Waals surface area contributed by atoms with Gasteiger partial charge in [0.15, 0.2) is 5.13 Å². The SMILES string of the molecule is O=C1OC(c2ccccc2)Cc2cc(C(=O)N3CCN(c4nccs4)CC3)ccc21. The molecule has 2 aromatic carbocycles. The fraction of sp³-hybridized carbons (Fsp3) is 0.261. The molecule has 7 heteroatoms. The van der Waals surface area contributed by atoms with E-state index >= 15 is 0 Å². The first-order chi connectivity index (χ1) is 14.7. The summed E-state index contributed by atoms with van der Waals surface area (Å²) in [5.74, 6) is -0.326. The van der Waals surface area contributed by atoms with Crippen molar-refractivity contribution in [3.63, 3.8) is 0 Å². The van der Waals surface area contributed by atoms with E-state index in [1.54, 1.807) is 29.7 Å². The number of carbonyl (C=O) groups excluding carboxylic acids is 2. The third kappa shape index (κ3) is 3.57. The van der Waals surface area contributed by atoms with Crippen LogP contribution < -0.4 is 4.90 Å². The minimum Gasteiger partial charge on any atom is -0.454 e. The number of anilines is 1. The minimum absolute atomic E-state index is 0.00629. The number of hydrogen-bond acceptors (Lipinski definition) is 6. The summed E-state index contributed by atoms with van der Waals surface area (Å²) >= 11 is 1.62. The Morgan fingerprint density at radius 2 is 1.87 bits per heavy atom. The van der Waals surface area contributed by atoms with Gasteiger partial charge in [0.25, 0.3) is 5.91 Å². The van der Waals surface area contributed by atoms with Gasteiger partial charge in [0.1, 0.15) is 6.10 Å². The van der Waals surface area contributed by atoms with Crippen LogP contribution in [0.5, 0.6) is 0 Å². The van der Waals surface area contributed by atoms with Crippen molar-refractivity contribution in [3.8, 4) is 0 Å². The first-order valence-corrected chi connectivity index (χ1v) is 10.9. The summed E-state index contributed by atoms with van der Waals surface area (Å²) < 4.78 is 5.62. The average Bonchev–Trinajstić information content (AvgIpc) is 3.34. The van der Waals surface area contributed by atoms with Crippen molar-refractivity contribution >= 4 is 28.3 Å². The molecule has 0 N–H and O–H groups in total. The van der Waals surface area contributed by atoms with Crippen LogP contribution in [-0.4, -0.2) is 47.9 Å². The standard InChI is InChI=1S/C23H21N3O3S/c27-21(25-9-11-26(12-10-25)23-24-8-13-30-23)17-6-7-19-18(14-17)15-20(29-22(19)28)16-4-2-1-3-5-16/h1-8,13-14,20H,9-12,15H2. The second-order valence-electron chi connectivity index (χ2n) is 7.47. The number of esters is 1. The van der Waals surface area contributed by atoms with Gasteiger partial charge >= 0.3 is 5.97 Å². The highest BCUT2D eigenvalue weighted by atomic mass is 32.1. The van der Waals surface area contributed by atoms with Gasteiger partial charge < -0.3 is 14.5 Å². The lowest BCUT2D eigenvalue weighted by atomic mass is 9.93. The van der Waals surface area contributed by atoms with E-state index < -0.39 is 0 Å². The molecule has 2 aliphatic heterocycles. The van der Waals surface area contributed by atoms with Gasteiger partial charge in [-0.15, -0.1) is 11.3 Å². The molecular formula is C23H21N3O3S. The molecule has 152 valence electrons. The highest BCUT2D eigenvalue weighted by Gasteiger charge is 2.29. The summed E-state index contributed by atoms with van der Waals surface area (Å²) in [5, 5.41) is 2.97. The maximum Gasteiger partial charge on any atom is 0.339 e. The van der Waals surface area contributed by atoms with Gasteiger partial charge in [0, 0.05) is 49.7 Å². The number of cyclic esters (lactones) is 1. The Bertz CT molecular complexity index is 1060. The Kier molecular flexibility index (Phi) is 4.96. The normalized spacial score (nSPS) is 18.7. The highest BCUT2D eigenvalue weighted by molar-refractivity contribution is 7.13. The molecule has 0 spiro atoms. The number of thiazole rings is 1. The third-order valence-corrected chi connectivity index (χ3v) is 6.49. The number of carbonyl (C=O) groups is 2. The molecule has 0 bridgehead atoms. The summed E-state index contributed by atoms with van der Waals surface area (Å²) in [7, 11) is 0. The molecule has 1 saturated heterocycles. The number of fused-ring (bicyclic) bond motifs is 1. The van der Waals surface area contributed by atoms with Gasteiger partial charge in [0.2, 0.25) is 0 Å². The van der Waals surface area contributed by atoms with Crippen molar-refractivity contribution in [2.24, 2.45) is 0 Å². The second kappa shape index (κ2) is 7.91. The fourth-order valence-electron chi connectivity index (χ4n) is 4.04. The maximum absolute atomic E-state index is 13.1. The van der Waals surface area contributed by atoms with Gasteiger partial charge in [-0.3, -0.25) is 4.79 Å². The molecule has 1 fully saturated rings. The summed E-state index contributed by atoms with van der Waals surface area (Å²) in [6.45, 7) is 2.85. The van der Waals surface area contributed by atoms with Gasteiger partial charge in [-0.2, -0.15) is 0 Å². The van der Waals surface area contributed by atoms with E-state index in [1.807, 2.05) is 46.7 Å². The average molecular weight is 420 g/mol. The van der Waals surface area contributed by atoms with Crippen LogP contribution in [0.1, 0.15) is 37.9 Å². The predicted octanol–water partition coefficient (Wildman–Crippen LogP) is 3.56. The molecule has 5 rings (SSSR count). The molecule has 0 saturated carbocycles. The molecular weight excluding hydrogens is 398 g/mol. The lowest BCUT2D eigenvalue weighted by Crippen LogP contribution is -2.48. The van der Waals surface area contributed by atoms with E-state index in [4.69, 9.17) is 4.74 Å². The number of benzene rings is 2. The first kappa shape index (κ1) is 18.8. The zero-order chi connectivity index (χ0) is 20.5. The molecule has 2 aliphatic rings.